The highest BCUT2D eigenvalue weighted by molar-refractivity contribution is 6.02. The average molecular weight is 330 g/mol. The number of hydrogen-bond donors (Lipinski definition) is 4. The fourth-order valence-corrected chi connectivity index (χ4v) is 2.02. The van der Waals surface area contributed by atoms with Gasteiger partial charge < -0.3 is 20.4 Å². The number of para-hydroxylation sites is 1. The number of imide groups is 1. The first-order valence-corrected chi connectivity index (χ1v) is 7.17. The highest BCUT2D eigenvalue weighted by atomic mass is 16.5. The van der Waals surface area contributed by atoms with Crippen molar-refractivity contribution in [1.29, 1.82) is 0 Å². The lowest BCUT2D eigenvalue weighted by molar-refractivity contribution is -0.118. The summed E-state index contributed by atoms with van der Waals surface area (Å²) in [6.07, 6.45) is 0. The van der Waals surface area contributed by atoms with E-state index < -0.39 is 17.9 Å². The fraction of sp³-hybridized carbons (Fsp3) is 0.188. The van der Waals surface area contributed by atoms with Crippen LogP contribution in [-0.2, 0) is 9.53 Å². The van der Waals surface area contributed by atoms with Gasteiger partial charge in [-0.1, -0.05) is 18.2 Å². The van der Waals surface area contributed by atoms with Gasteiger partial charge in [-0.05, 0) is 25.1 Å². The number of carbonyl (C=O) groups is 3. The van der Waals surface area contributed by atoms with Crippen LogP contribution >= 0.6 is 0 Å². The number of carbonyl (C=O) groups excluding carboxylic acids is 3. The van der Waals surface area contributed by atoms with E-state index in [9.17, 15) is 14.4 Å². The van der Waals surface area contributed by atoms with Crippen molar-refractivity contribution in [2.75, 3.05) is 24.3 Å². The number of rotatable bonds is 5. The molecule has 126 valence electrons. The van der Waals surface area contributed by atoms with E-state index in [4.69, 9.17) is 0 Å². The van der Waals surface area contributed by atoms with Gasteiger partial charge in [0.05, 0.1) is 19.3 Å². The second kappa shape index (κ2) is 7.82. The van der Waals surface area contributed by atoms with Crippen LogP contribution in [-0.4, -0.2) is 36.5 Å². The van der Waals surface area contributed by atoms with Crippen molar-refractivity contribution >= 4 is 29.3 Å². The number of anilines is 2. The lowest BCUT2D eigenvalue weighted by atomic mass is 10.3. The van der Waals surface area contributed by atoms with Crippen molar-refractivity contribution in [2.45, 2.75) is 6.92 Å². The normalized spacial score (nSPS) is 9.92. The summed E-state index contributed by atoms with van der Waals surface area (Å²) >= 11 is 0. The number of amides is 3. The van der Waals surface area contributed by atoms with Crippen molar-refractivity contribution in [1.82, 2.24) is 10.3 Å². The molecule has 0 aliphatic rings. The Kier molecular flexibility index (Phi) is 5.56. The summed E-state index contributed by atoms with van der Waals surface area (Å²) in [5.74, 6) is -1.09. The molecule has 0 saturated heterocycles. The lowest BCUT2D eigenvalue weighted by Gasteiger charge is -2.08. The molecule has 2 rings (SSSR count). The number of methoxy groups -OCH3 is 1. The molecule has 0 unspecified atom stereocenters. The van der Waals surface area contributed by atoms with Gasteiger partial charge in [0.15, 0.2) is 0 Å². The number of benzene rings is 1. The number of esters is 1. The number of nitrogens with one attached hydrogen (secondary N) is 4. The fourth-order valence-electron chi connectivity index (χ4n) is 2.02. The minimum absolute atomic E-state index is 0.177. The molecule has 2 aromatic rings. The molecule has 0 spiro atoms. The van der Waals surface area contributed by atoms with E-state index in [0.29, 0.717) is 11.4 Å². The predicted molar refractivity (Wildman–Crippen MR) is 89.0 cm³/mol. The Balaban J connectivity index is 1.87. The summed E-state index contributed by atoms with van der Waals surface area (Å²) in [4.78, 5) is 38.0. The van der Waals surface area contributed by atoms with Gasteiger partial charge >= 0.3 is 12.0 Å². The van der Waals surface area contributed by atoms with Gasteiger partial charge in [-0.3, -0.25) is 10.1 Å². The maximum atomic E-state index is 11.8. The van der Waals surface area contributed by atoms with Gasteiger partial charge in [0.2, 0.25) is 5.91 Å². The van der Waals surface area contributed by atoms with Crippen LogP contribution in [0.3, 0.4) is 0 Å². The van der Waals surface area contributed by atoms with Crippen molar-refractivity contribution in [3.05, 3.63) is 47.8 Å². The molecular weight excluding hydrogens is 312 g/mol. The Morgan fingerprint density at radius 1 is 1.17 bits per heavy atom. The maximum Gasteiger partial charge on any atom is 0.356 e. The van der Waals surface area contributed by atoms with Crippen molar-refractivity contribution < 1.29 is 19.1 Å². The molecular formula is C16H18N4O4. The Hall–Kier alpha value is -3.29. The molecule has 0 aliphatic carbocycles. The van der Waals surface area contributed by atoms with E-state index in [-0.39, 0.29) is 12.2 Å². The first-order valence-electron chi connectivity index (χ1n) is 7.17. The van der Waals surface area contributed by atoms with Crippen molar-refractivity contribution in [2.24, 2.45) is 0 Å². The molecule has 1 heterocycles. The Bertz CT molecular complexity index is 740. The van der Waals surface area contributed by atoms with Gasteiger partial charge in [-0.2, -0.15) is 0 Å². The minimum atomic E-state index is -0.633. The van der Waals surface area contributed by atoms with Crippen LogP contribution in [0.25, 0.3) is 0 Å². The first-order chi connectivity index (χ1) is 11.5. The number of aromatic amines is 1. The number of H-pyrrole nitrogens is 1. The standard InChI is InChI=1S/C16H18N4O4/c1-10-8-12(14(18-10)15(22)24-2)17-9-13(21)20-16(23)19-11-6-4-3-5-7-11/h3-8,17-18H,9H2,1-2H3,(H2,19,20,21,23). The van der Waals surface area contributed by atoms with E-state index in [0.717, 1.165) is 5.69 Å². The second-order valence-electron chi connectivity index (χ2n) is 4.95. The maximum absolute atomic E-state index is 11.8. The monoisotopic (exact) mass is 330 g/mol. The van der Waals surface area contributed by atoms with E-state index >= 15 is 0 Å². The van der Waals surface area contributed by atoms with Crippen LogP contribution < -0.4 is 16.0 Å². The number of ether oxygens (including phenoxy) is 1. The zero-order valence-electron chi connectivity index (χ0n) is 13.3. The zero-order chi connectivity index (χ0) is 17.5. The van der Waals surface area contributed by atoms with E-state index in [1.54, 1.807) is 37.3 Å². The number of aryl methyl sites for hydroxylation is 1. The van der Waals surface area contributed by atoms with Crippen LogP contribution in [0.1, 0.15) is 16.2 Å². The molecule has 1 aromatic heterocycles. The highest BCUT2D eigenvalue weighted by Gasteiger charge is 2.16. The lowest BCUT2D eigenvalue weighted by Crippen LogP contribution is -2.38. The van der Waals surface area contributed by atoms with Crippen LogP contribution in [0.4, 0.5) is 16.2 Å². The molecule has 0 radical (unpaired) electrons. The van der Waals surface area contributed by atoms with Gasteiger partial charge in [-0.25, -0.2) is 9.59 Å². The third kappa shape index (κ3) is 4.60. The molecule has 0 bridgehead atoms. The predicted octanol–water partition coefficient (Wildman–Crippen LogP) is 1.87. The quantitative estimate of drug-likeness (QED) is 0.625. The average Bonchev–Trinajstić information content (AvgIpc) is 2.94. The number of urea groups is 1. The van der Waals surface area contributed by atoms with Gasteiger partial charge in [-0.15, -0.1) is 0 Å². The molecule has 0 fully saturated rings. The summed E-state index contributed by atoms with van der Waals surface area (Å²) in [6.45, 7) is 1.59. The Morgan fingerprint density at radius 3 is 2.54 bits per heavy atom. The van der Waals surface area contributed by atoms with Crippen LogP contribution in [0.2, 0.25) is 0 Å². The van der Waals surface area contributed by atoms with E-state index in [2.05, 4.69) is 25.7 Å². The summed E-state index contributed by atoms with van der Waals surface area (Å²) < 4.78 is 4.65. The molecule has 0 aliphatic heterocycles. The molecule has 24 heavy (non-hydrogen) atoms. The number of aromatic nitrogens is 1. The van der Waals surface area contributed by atoms with Crippen LogP contribution in [0.15, 0.2) is 36.4 Å². The smallest absolute Gasteiger partial charge is 0.356 e. The third-order valence-corrected chi connectivity index (χ3v) is 3.07. The topological polar surface area (TPSA) is 112 Å². The van der Waals surface area contributed by atoms with Gasteiger partial charge in [0.25, 0.3) is 0 Å². The summed E-state index contributed by atoms with van der Waals surface area (Å²) in [5, 5.41) is 7.52. The zero-order valence-corrected chi connectivity index (χ0v) is 13.3. The van der Waals surface area contributed by atoms with Crippen LogP contribution in [0.5, 0.6) is 0 Å². The third-order valence-electron chi connectivity index (χ3n) is 3.07. The summed E-state index contributed by atoms with van der Waals surface area (Å²) in [5.41, 5.74) is 1.96. The van der Waals surface area contributed by atoms with Crippen LogP contribution in [0, 0.1) is 6.92 Å². The highest BCUT2D eigenvalue weighted by Crippen LogP contribution is 2.17. The second-order valence-corrected chi connectivity index (χ2v) is 4.95. The molecule has 4 N–H and O–H groups in total. The number of hydrogen-bond acceptors (Lipinski definition) is 5. The van der Waals surface area contributed by atoms with E-state index in [1.165, 1.54) is 7.11 Å². The van der Waals surface area contributed by atoms with Gasteiger partial charge in [0, 0.05) is 11.4 Å². The molecule has 1 aromatic carbocycles. The van der Waals surface area contributed by atoms with Gasteiger partial charge in [0.1, 0.15) is 5.69 Å². The van der Waals surface area contributed by atoms with Crippen molar-refractivity contribution in [3.8, 4) is 0 Å². The molecule has 0 saturated carbocycles. The molecule has 3 amide bonds. The molecule has 0 atom stereocenters. The largest absolute Gasteiger partial charge is 0.464 e. The minimum Gasteiger partial charge on any atom is -0.464 e. The summed E-state index contributed by atoms with van der Waals surface area (Å²) in [7, 11) is 1.27. The Labute approximate surface area is 138 Å². The van der Waals surface area contributed by atoms with Crippen molar-refractivity contribution in [3.63, 3.8) is 0 Å². The SMILES string of the molecule is COC(=O)c1[nH]c(C)cc1NCC(=O)NC(=O)Nc1ccccc1. The molecule has 8 nitrogen and oxygen atoms in total. The first kappa shape index (κ1) is 17.1. The summed E-state index contributed by atoms with van der Waals surface area (Å²) in [6, 6.07) is 9.79. The van der Waals surface area contributed by atoms with E-state index in [1.807, 2.05) is 6.07 Å². The Morgan fingerprint density at radius 2 is 1.88 bits per heavy atom. The molecule has 8 heteroatoms.